The fourth-order valence-electron chi connectivity index (χ4n) is 2.71. The molecule has 0 radical (unpaired) electrons. The van der Waals surface area contributed by atoms with E-state index in [4.69, 9.17) is 10.5 Å². The van der Waals surface area contributed by atoms with Gasteiger partial charge in [-0.25, -0.2) is 0 Å². The van der Waals surface area contributed by atoms with Crippen molar-refractivity contribution < 1.29 is 19.1 Å². The summed E-state index contributed by atoms with van der Waals surface area (Å²) in [5.74, 6) is -1.50. The number of rotatable bonds is 4. The van der Waals surface area contributed by atoms with Crippen molar-refractivity contribution in [2.24, 2.45) is 5.73 Å². The Morgan fingerprint density at radius 2 is 1.88 bits per heavy atom. The molecule has 0 aromatic heterocycles. The summed E-state index contributed by atoms with van der Waals surface area (Å²) in [4.78, 5) is 35.3. The number of β-lactam (4-membered cyclic amide) rings is 1. The lowest BCUT2D eigenvalue weighted by Gasteiger charge is -2.37. The molecule has 0 saturated carbocycles. The van der Waals surface area contributed by atoms with Crippen LogP contribution in [0.15, 0.2) is 42.5 Å². The molecule has 1 aliphatic rings. The van der Waals surface area contributed by atoms with E-state index in [-0.39, 0.29) is 0 Å². The van der Waals surface area contributed by atoms with Gasteiger partial charge in [-0.1, -0.05) is 36.4 Å². The summed E-state index contributed by atoms with van der Waals surface area (Å²) < 4.78 is 4.92. The predicted octanol–water partition coefficient (Wildman–Crippen LogP) is 0.518. The van der Waals surface area contributed by atoms with Crippen LogP contribution in [0.4, 0.5) is 0 Å². The minimum Gasteiger partial charge on any atom is -0.439 e. The first-order valence-electron chi connectivity index (χ1n) is 7.86. The second kappa shape index (κ2) is 6.18. The summed E-state index contributed by atoms with van der Waals surface area (Å²) in [6.45, 7) is 2.80. The molecular weight excluding hydrogens is 322 g/mol. The molecule has 2 aromatic rings. The van der Waals surface area contributed by atoms with Gasteiger partial charge in [0.25, 0.3) is 5.91 Å². The summed E-state index contributed by atoms with van der Waals surface area (Å²) in [7, 11) is 0. The van der Waals surface area contributed by atoms with E-state index < -0.39 is 35.6 Å². The summed E-state index contributed by atoms with van der Waals surface area (Å²) in [6.07, 6.45) is -0.874. The molecule has 2 amide bonds. The zero-order chi connectivity index (χ0) is 18.2. The highest BCUT2D eigenvalue weighted by Gasteiger charge is 2.45. The summed E-state index contributed by atoms with van der Waals surface area (Å²) in [5.41, 5.74) is 5.51. The Balaban J connectivity index is 1.79. The highest BCUT2D eigenvalue weighted by Crippen LogP contribution is 2.24. The second-order valence-corrected chi connectivity index (χ2v) is 6.25. The van der Waals surface area contributed by atoms with E-state index in [9.17, 15) is 14.4 Å². The highest BCUT2D eigenvalue weighted by molar-refractivity contribution is 5.97. The molecule has 0 aliphatic carbocycles. The van der Waals surface area contributed by atoms with Crippen LogP contribution in [0.2, 0.25) is 0 Å². The Kier molecular flexibility index (Phi) is 4.18. The number of ether oxygens (including phenoxy) is 1. The Hall–Kier alpha value is -2.93. The first-order valence-corrected chi connectivity index (χ1v) is 7.86. The van der Waals surface area contributed by atoms with Gasteiger partial charge in [0.2, 0.25) is 12.1 Å². The smallest absolute Gasteiger partial charge is 0.304 e. The van der Waals surface area contributed by atoms with E-state index in [2.05, 4.69) is 10.6 Å². The molecule has 4 N–H and O–H groups in total. The number of carbonyl (C=O) groups excluding carboxylic acids is 3. The average Bonchev–Trinajstić information content (AvgIpc) is 2.58. The SMILES string of the molecule is CC(=O)O[C@@H]1NC(=O)[C@H]1NC(=O)[C@](C)(N)c1ccc2ccccc2c1. The third-order valence-corrected chi connectivity index (χ3v) is 4.27. The first kappa shape index (κ1) is 16.9. The third-order valence-electron chi connectivity index (χ3n) is 4.27. The number of hydrogen-bond acceptors (Lipinski definition) is 5. The molecule has 1 heterocycles. The summed E-state index contributed by atoms with van der Waals surface area (Å²) >= 11 is 0. The second-order valence-electron chi connectivity index (χ2n) is 6.25. The average molecular weight is 341 g/mol. The van der Waals surface area contributed by atoms with Gasteiger partial charge in [0.1, 0.15) is 5.54 Å². The molecule has 7 heteroatoms. The van der Waals surface area contributed by atoms with Crippen LogP contribution in [-0.4, -0.2) is 30.1 Å². The molecule has 3 rings (SSSR count). The minimum atomic E-state index is -1.35. The zero-order valence-electron chi connectivity index (χ0n) is 13.9. The lowest BCUT2D eigenvalue weighted by atomic mass is 9.89. The number of fused-ring (bicyclic) bond motifs is 1. The molecule has 1 aliphatic heterocycles. The Bertz CT molecular complexity index is 862. The lowest BCUT2D eigenvalue weighted by molar-refractivity contribution is -0.164. The Morgan fingerprint density at radius 3 is 2.52 bits per heavy atom. The molecule has 0 bridgehead atoms. The molecule has 1 fully saturated rings. The van der Waals surface area contributed by atoms with E-state index in [0.717, 1.165) is 10.8 Å². The quantitative estimate of drug-likeness (QED) is 0.555. The van der Waals surface area contributed by atoms with E-state index in [0.29, 0.717) is 5.56 Å². The van der Waals surface area contributed by atoms with Crippen LogP contribution < -0.4 is 16.4 Å². The van der Waals surface area contributed by atoms with Gasteiger partial charge >= 0.3 is 5.97 Å². The Labute approximate surface area is 144 Å². The highest BCUT2D eigenvalue weighted by atomic mass is 16.6. The van der Waals surface area contributed by atoms with Crippen LogP contribution in [-0.2, 0) is 24.7 Å². The number of carbonyl (C=O) groups is 3. The Morgan fingerprint density at radius 1 is 1.20 bits per heavy atom. The number of nitrogens with two attached hydrogens (primary N) is 1. The van der Waals surface area contributed by atoms with Gasteiger partial charge in [0.05, 0.1) is 0 Å². The van der Waals surface area contributed by atoms with E-state index in [1.807, 2.05) is 36.4 Å². The standard InChI is InChI=1S/C18H19N3O4/c1-10(22)25-16-14(15(23)21-16)20-17(24)18(2,19)13-8-7-11-5-3-4-6-12(11)9-13/h3-9,14,16H,19H2,1-2H3,(H,20,24)(H,21,23)/t14-,16+,18-/m1/s1. The molecule has 3 atom stereocenters. The van der Waals surface area contributed by atoms with Crippen molar-refractivity contribution >= 4 is 28.6 Å². The predicted molar refractivity (Wildman–Crippen MR) is 91.1 cm³/mol. The number of amides is 2. The monoisotopic (exact) mass is 341 g/mol. The zero-order valence-corrected chi connectivity index (χ0v) is 13.9. The van der Waals surface area contributed by atoms with Crippen molar-refractivity contribution in [1.82, 2.24) is 10.6 Å². The van der Waals surface area contributed by atoms with Gasteiger partial charge in [-0.15, -0.1) is 0 Å². The van der Waals surface area contributed by atoms with Gasteiger partial charge in [-0.05, 0) is 29.3 Å². The fourth-order valence-corrected chi connectivity index (χ4v) is 2.71. The van der Waals surface area contributed by atoms with E-state index >= 15 is 0 Å². The van der Waals surface area contributed by atoms with E-state index in [1.165, 1.54) is 6.92 Å². The lowest BCUT2D eigenvalue weighted by Crippen LogP contribution is -2.72. The minimum absolute atomic E-state index is 0.422. The van der Waals surface area contributed by atoms with Gasteiger partial charge in [0, 0.05) is 6.92 Å². The van der Waals surface area contributed by atoms with Gasteiger partial charge in [0.15, 0.2) is 6.04 Å². The van der Waals surface area contributed by atoms with E-state index in [1.54, 1.807) is 13.0 Å². The van der Waals surface area contributed by atoms with Crippen molar-refractivity contribution in [3.05, 3.63) is 48.0 Å². The molecule has 25 heavy (non-hydrogen) atoms. The van der Waals surface area contributed by atoms with Crippen LogP contribution in [0.25, 0.3) is 10.8 Å². The normalized spacial score (nSPS) is 21.6. The van der Waals surface area contributed by atoms with Crippen LogP contribution in [0.5, 0.6) is 0 Å². The van der Waals surface area contributed by atoms with Crippen molar-refractivity contribution in [2.75, 3.05) is 0 Å². The summed E-state index contributed by atoms with van der Waals surface area (Å²) in [5, 5.41) is 6.96. The van der Waals surface area contributed by atoms with Crippen molar-refractivity contribution in [1.29, 1.82) is 0 Å². The molecular formula is C18H19N3O4. The molecule has 0 spiro atoms. The number of esters is 1. The maximum Gasteiger partial charge on any atom is 0.304 e. The first-order chi connectivity index (χ1) is 11.8. The van der Waals surface area contributed by atoms with Gasteiger partial charge < -0.3 is 21.1 Å². The van der Waals surface area contributed by atoms with Gasteiger partial charge in [-0.3, -0.25) is 14.4 Å². The number of hydrogen-bond donors (Lipinski definition) is 3. The molecule has 1 saturated heterocycles. The van der Waals surface area contributed by atoms with Crippen LogP contribution in [0, 0.1) is 0 Å². The molecule has 0 unspecified atom stereocenters. The number of benzene rings is 2. The van der Waals surface area contributed by atoms with Crippen LogP contribution >= 0.6 is 0 Å². The molecule has 2 aromatic carbocycles. The third kappa shape index (κ3) is 3.18. The maximum absolute atomic E-state index is 12.6. The van der Waals surface area contributed by atoms with Crippen LogP contribution in [0.3, 0.4) is 0 Å². The van der Waals surface area contributed by atoms with Crippen molar-refractivity contribution in [3.8, 4) is 0 Å². The molecule has 7 nitrogen and oxygen atoms in total. The number of nitrogens with one attached hydrogen (secondary N) is 2. The molecule has 130 valence electrons. The van der Waals surface area contributed by atoms with Crippen molar-refractivity contribution in [3.63, 3.8) is 0 Å². The fraction of sp³-hybridized carbons (Fsp3) is 0.278. The van der Waals surface area contributed by atoms with Crippen LogP contribution in [0.1, 0.15) is 19.4 Å². The van der Waals surface area contributed by atoms with Gasteiger partial charge in [-0.2, -0.15) is 0 Å². The largest absolute Gasteiger partial charge is 0.439 e. The summed E-state index contributed by atoms with van der Waals surface area (Å²) in [6, 6.07) is 12.3. The topological polar surface area (TPSA) is 111 Å². The maximum atomic E-state index is 12.6. The van der Waals surface area contributed by atoms with Crippen molar-refractivity contribution in [2.45, 2.75) is 31.7 Å².